The Labute approximate surface area is 186 Å². The highest BCUT2D eigenvalue weighted by atomic mass is 32.2. The van der Waals surface area contributed by atoms with E-state index >= 15 is 0 Å². The molecule has 0 aliphatic carbocycles. The third-order valence-corrected chi connectivity index (χ3v) is 6.29. The lowest BCUT2D eigenvalue weighted by Crippen LogP contribution is -2.47. The summed E-state index contributed by atoms with van der Waals surface area (Å²) < 4.78 is 5.48. The molecular weight excluding hydrogens is 410 g/mol. The first kappa shape index (κ1) is 21.1. The standard InChI is InChI=1S/C24H25N3O3S/c28-23(22-18(13-16-30-22)17-31-21-9-5-2-6-10-21)25-20-11-14-27(15-12-20)24(29)26-19-7-3-1-4-8-19/h1-10,13,16,20H,11-12,14-15,17H2,(H,25,28)(H,26,29). The molecule has 31 heavy (non-hydrogen) atoms. The van der Waals surface area contributed by atoms with Gasteiger partial charge in [0, 0.05) is 41.0 Å². The Morgan fingerprint density at radius 2 is 1.65 bits per heavy atom. The van der Waals surface area contributed by atoms with Gasteiger partial charge in [-0.1, -0.05) is 36.4 Å². The molecule has 0 spiro atoms. The number of amides is 3. The van der Waals surface area contributed by atoms with Crippen LogP contribution in [0.4, 0.5) is 10.5 Å². The molecule has 1 saturated heterocycles. The molecule has 1 aliphatic heterocycles. The van der Waals surface area contributed by atoms with Crippen LogP contribution in [0, 0.1) is 0 Å². The normalized spacial score (nSPS) is 14.3. The number of benzene rings is 2. The number of anilines is 1. The van der Waals surface area contributed by atoms with Gasteiger partial charge in [0.15, 0.2) is 5.76 Å². The van der Waals surface area contributed by atoms with E-state index in [-0.39, 0.29) is 18.0 Å². The van der Waals surface area contributed by atoms with Crippen LogP contribution in [0.3, 0.4) is 0 Å². The highest BCUT2D eigenvalue weighted by Gasteiger charge is 2.26. The smallest absolute Gasteiger partial charge is 0.321 e. The van der Waals surface area contributed by atoms with Gasteiger partial charge in [0.25, 0.3) is 5.91 Å². The molecule has 0 unspecified atom stereocenters. The van der Waals surface area contributed by atoms with Crippen molar-refractivity contribution in [1.29, 1.82) is 0 Å². The number of nitrogens with one attached hydrogen (secondary N) is 2. The number of para-hydroxylation sites is 1. The number of carbonyl (C=O) groups excluding carboxylic acids is 2. The van der Waals surface area contributed by atoms with Gasteiger partial charge in [-0.2, -0.15) is 0 Å². The number of nitrogens with zero attached hydrogens (tertiary/aromatic N) is 1. The van der Waals surface area contributed by atoms with Crippen LogP contribution in [0.15, 0.2) is 82.3 Å². The first-order valence-electron chi connectivity index (χ1n) is 10.3. The fourth-order valence-corrected chi connectivity index (χ4v) is 4.43. The van der Waals surface area contributed by atoms with Crippen LogP contribution in [0.5, 0.6) is 0 Å². The number of hydrogen-bond acceptors (Lipinski definition) is 4. The van der Waals surface area contributed by atoms with Crippen LogP contribution in [-0.2, 0) is 5.75 Å². The number of piperidine rings is 1. The van der Waals surface area contributed by atoms with Crippen molar-refractivity contribution in [2.24, 2.45) is 0 Å². The lowest BCUT2D eigenvalue weighted by molar-refractivity contribution is 0.0890. The molecule has 4 rings (SSSR count). The quantitative estimate of drug-likeness (QED) is 0.535. The lowest BCUT2D eigenvalue weighted by atomic mass is 10.0. The van der Waals surface area contributed by atoms with Crippen LogP contribution in [0.2, 0.25) is 0 Å². The fourth-order valence-electron chi connectivity index (χ4n) is 3.53. The monoisotopic (exact) mass is 435 g/mol. The summed E-state index contributed by atoms with van der Waals surface area (Å²) in [6.45, 7) is 1.19. The van der Waals surface area contributed by atoms with E-state index < -0.39 is 0 Å². The Morgan fingerprint density at radius 1 is 0.968 bits per heavy atom. The maximum absolute atomic E-state index is 12.8. The largest absolute Gasteiger partial charge is 0.459 e. The van der Waals surface area contributed by atoms with Crippen LogP contribution in [0.25, 0.3) is 0 Å². The Kier molecular flexibility index (Phi) is 6.94. The molecule has 2 heterocycles. The molecule has 0 bridgehead atoms. The molecule has 0 atom stereocenters. The van der Waals surface area contributed by atoms with Crippen molar-refractivity contribution >= 4 is 29.4 Å². The third kappa shape index (κ3) is 5.70. The summed E-state index contributed by atoms with van der Waals surface area (Å²) in [6, 6.07) is 21.2. The SMILES string of the molecule is O=C(NC1CCN(C(=O)Nc2ccccc2)CC1)c1occc1CSc1ccccc1. The molecule has 0 saturated carbocycles. The summed E-state index contributed by atoms with van der Waals surface area (Å²) in [5.41, 5.74) is 1.66. The van der Waals surface area contributed by atoms with Gasteiger partial charge in [-0.25, -0.2) is 4.79 Å². The van der Waals surface area contributed by atoms with Gasteiger partial charge in [0.1, 0.15) is 0 Å². The van der Waals surface area contributed by atoms with Gasteiger partial charge >= 0.3 is 6.03 Å². The van der Waals surface area contributed by atoms with Crippen molar-refractivity contribution in [1.82, 2.24) is 10.2 Å². The minimum absolute atomic E-state index is 0.0213. The van der Waals surface area contributed by atoms with Crippen molar-refractivity contribution < 1.29 is 14.0 Å². The Balaban J connectivity index is 1.26. The Hall–Kier alpha value is -3.19. The zero-order valence-corrected chi connectivity index (χ0v) is 17.9. The molecule has 1 fully saturated rings. The molecule has 6 nitrogen and oxygen atoms in total. The van der Waals surface area contributed by atoms with E-state index in [2.05, 4.69) is 10.6 Å². The number of carbonyl (C=O) groups is 2. The van der Waals surface area contributed by atoms with E-state index in [1.807, 2.05) is 66.7 Å². The predicted molar refractivity (Wildman–Crippen MR) is 122 cm³/mol. The molecule has 2 aromatic carbocycles. The highest BCUT2D eigenvalue weighted by molar-refractivity contribution is 7.98. The number of likely N-dealkylation sites (tertiary alicyclic amines) is 1. The van der Waals surface area contributed by atoms with E-state index in [0.717, 1.165) is 16.1 Å². The second kappa shape index (κ2) is 10.2. The number of thioether (sulfide) groups is 1. The molecule has 1 aliphatic rings. The number of furan rings is 1. The second-order valence-corrected chi connectivity index (χ2v) is 8.46. The molecule has 0 radical (unpaired) electrons. The molecule has 160 valence electrons. The van der Waals surface area contributed by atoms with Crippen molar-refractivity contribution in [3.05, 3.63) is 84.3 Å². The van der Waals surface area contributed by atoms with Crippen molar-refractivity contribution in [3.8, 4) is 0 Å². The average molecular weight is 436 g/mol. The molecular formula is C24H25N3O3S. The summed E-state index contributed by atoms with van der Waals surface area (Å²) in [5, 5.41) is 5.98. The first-order chi connectivity index (χ1) is 15.2. The maximum atomic E-state index is 12.8. The number of hydrogen-bond donors (Lipinski definition) is 2. The van der Waals surface area contributed by atoms with Gasteiger partial charge in [-0.3, -0.25) is 4.79 Å². The van der Waals surface area contributed by atoms with Gasteiger partial charge in [0.05, 0.1) is 6.26 Å². The van der Waals surface area contributed by atoms with E-state index in [4.69, 9.17) is 4.42 Å². The first-order valence-corrected chi connectivity index (χ1v) is 11.3. The third-order valence-electron chi connectivity index (χ3n) is 5.23. The molecule has 3 amide bonds. The van der Waals surface area contributed by atoms with Crippen molar-refractivity contribution in [2.75, 3.05) is 18.4 Å². The molecule has 2 N–H and O–H groups in total. The van der Waals surface area contributed by atoms with E-state index in [9.17, 15) is 9.59 Å². The van der Waals surface area contributed by atoms with Crippen LogP contribution in [0.1, 0.15) is 29.0 Å². The van der Waals surface area contributed by atoms with Crippen LogP contribution in [-0.4, -0.2) is 36.0 Å². The van der Waals surface area contributed by atoms with Crippen molar-refractivity contribution in [2.45, 2.75) is 29.5 Å². The number of rotatable bonds is 6. The Bertz CT molecular complexity index is 999. The summed E-state index contributed by atoms with van der Waals surface area (Å²) in [4.78, 5) is 28.1. The maximum Gasteiger partial charge on any atom is 0.321 e. The Morgan fingerprint density at radius 3 is 2.35 bits per heavy atom. The van der Waals surface area contributed by atoms with Crippen LogP contribution >= 0.6 is 11.8 Å². The van der Waals surface area contributed by atoms with Crippen molar-refractivity contribution in [3.63, 3.8) is 0 Å². The molecule has 7 heteroatoms. The minimum atomic E-state index is -0.194. The summed E-state index contributed by atoms with van der Waals surface area (Å²) in [7, 11) is 0. The average Bonchev–Trinajstić information content (AvgIpc) is 3.28. The van der Waals surface area contributed by atoms with E-state index in [0.29, 0.717) is 37.4 Å². The van der Waals surface area contributed by atoms with E-state index in [1.54, 1.807) is 22.9 Å². The highest BCUT2D eigenvalue weighted by Crippen LogP contribution is 2.25. The zero-order chi connectivity index (χ0) is 21.5. The van der Waals surface area contributed by atoms with Gasteiger partial charge in [-0.15, -0.1) is 11.8 Å². The topological polar surface area (TPSA) is 74.6 Å². The molecule has 3 aromatic rings. The zero-order valence-electron chi connectivity index (χ0n) is 17.1. The van der Waals surface area contributed by atoms with Gasteiger partial charge in [0.2, 0.25) is 0 Å². The van der Waals surface area contributed by atoms with E-state index in [1.165, 1.54) is 0 Å². The molecule has 1 aromatic heterocycles. The predicted octanol–water partition coefficient (Wildman–Crippen LogP) is 5.00. The second-order valence-electron chi connectivity index (χ2n) is 7.41. The summed E-state index contributed by atoms with van der Waals surface area (Å²) in [6.07, 6.45) is 2.98. The van der Waals surface area contributed by atoms with Gasteiger partial charge < -0.3 is 20.0 Å². The fraction of sp³-hybridized carbons (Fsp3) is 0.250. The number of urea groups is 1. The lowest BCUT2D eigenvalue weighted by Gasteiger charge is -2.32. The summed E-state index contributed by atoms with van der Waals surface area (Å²) in [5.74, 6) is 0.843. The minimum Gasteiger partial charge on any atom is -0.459 e. The van der Waals surface area contributed by atoms with Gasteiger partial charge in [-0.05, 0) is 43.2 Å². The van der Waals surface area contributed by atoms with Crippen LogP contribution < -0.4 is 10.6 Å². The summed E-state index contributed by atoms with van der Waals surface area (Å²) >= 11 is 1.67.